The fourth-order valence-electron chi connectivity index (χ4n) is 2.62. The van der Waals surface area contributed by atoms with Crippen molar-refractivity contribution < 1.29 is 9.90 Å². The van der Waals surface area contributed by atoms with Gasteiger partial charge in [-0.15, -0.1) is 0 Å². The maximum atomic E-state index is 12.1. The number of aliphatic hydroxyl groups excluding tert-OH is 1. The number of hydrogen-bond donors (Lipinski definition) is 2. The molecule has 2 N–H and O–H groups in total. The van der Waals surface area contributed by atoms with Crippen molar-refractivity contribution in [3.05, 3.63) is 0 Å². The minimum absolute atomic E-state index is 0.0713. The van der Waals surface area contributed by atoms with Gasteiger partial charge in [-0.1, -0.05) is 0 Å². The molecule has 1 unspecified atom stereocenters. The number of nitrogens with one attached hydrogen (secondary N) is 1. The second kappa shape index (κ2) is 3.87. The lowest BCUT2D eigenvalue weighted by atomic mass is 9.86. The number of piperidine rings is 1. The summed E-state index contributed by atoms with van der Waals surface area (Å²) >= 11 is 0. The van der Waals surface area contributed by atoms with Crippen LogP contribution in [0.15, 0.2) is 0 Å². The van der Waals surface area contributed by atoms with Gasteiger partial charge in [0.1, 0.15) is 0 Å². The molecule has 2 rings (SSSR count). The Hall–Kier alpha value is -0.610. The number of hydrogen-bond acceptors (Lipinski definition) is 3. The number of carbonyl (C=O) groups excluding carboxylic acids is 1. The van der Waals surface area contributed by atoms with Crippen molar-refractivity contribution in [1.29, 1.82) is 0 Å². The van der Waals surface area contributed by atoms with Gasteiger partial charge in [0.15, 0.2) is 0 Å². The lowest BCUT2D eigenvalue weighted by Gasteiger charge is -2.39. The summed E-state index contributed by atoms with van der Waals surface area (Å²) in [5, 5.41) is 12.2. The minimum atomic E-state index is -0.270. The third kappa shape index (κ3) is 1.53. The molecule has 0 aromatic heterocycles. The smallest absolute Gasteiger partial charge is 0.242 e. The summed E-state index contributed by atoms with van der Waals surface area (Å²) in [7, 11) is 0. The molecule has 80 valence electrons. The predicted molar refractivity (Wildman–Crippen MR) is 52.9 cm³/mol. The highest BCUT2D eigenvalue weighted by atomic mass is 16.3. The number of amides is 1. The van der Waals surface area contributed by atoms with Crippen LogP contribution in [-0.4, -0.2) is 47.7 Å². The van der Waals surface area contributed by atoms with Crippen LogP contribution in [0.2, 0.25) is 0 Å². The first kappa shape index (κ1) is 9.93. The Morgan fingerprint density at radius 1 is 1.43 bits per heavy atom. The zero-order valence-electron chi connectivity index (χ0n) is 8.46. The molecule has 0 aromatic rings. The van der Waals surface area contributed by atoms with Crippen molar-refractivity contribution in [2.75, 3.05) is 26.2 Å². The van der Waals surface area contributed by atoms with E-state index in [2.05, 4.69) is 5.32 Å². The lowest BCUT2D eigenvalue weighted by Crippen LogP contribution is -2.58. The number of β-amino-alcohol motifs (C(OH)–C–C–N with tert-alkyl or cyclic N) is 1. The maximum absolute atomic E-state index is 12.1. The molecule has 0 bridgehead atoms. The summed E-state index contributed by atoms with van der Waals surface area (Å²) in [6, 6.07) is 0. The minimum Gasteiger partial charge on any atom is -0.395 e. The molecule has 2 aliphatic heterocycles. The molecule has 4 nitrogen and oxygen atoms in total. The molecular formula is C10H18N2O2. The quantitative estimate of drug-likeness (QED) is 0.642. The molecular weight excluding hydrogens is 180 g/mol. The summed E-state index contributed by atoms with van der Waals surface area (Å²) < 4.78 is 0. The molecule has 4 heteroatoms. The van der Waals surface area contributed by atoms with Crippen LogP contribution in [0.3, 0.4) is 0 Å². The van der Waals surface area contributed by atoms with E-state index in [0.717, 1.165) is 38.8 Å². The predicted octanol–water partition coefficient (Wildman–Crippen LogP) is -0.277. The van der Waals surface area contributed by atoms with Crippen molar-refractivity contribution in [3.8, 4) is 0 Å². The van der Waals surface area contributed by atoms with Gasteiger partial charge < -0.3 is 15.3 Å². The molecule has 2 fully saturated rings. The fraction of sp³-hybridized carbons (Fsp3) is 0.900. The molecule has 0 saturated carbocycles. The Balaban J connectivity index is 2.08. The summed E-state index contributed by atoms with van der Waals surface area (Å²) in [5.74, 6) is 0.204. The van der Waals surface area contributed by atoms with Gasteiger partial charge in [0.25, 0.3) is 0 Å². The Kier molecular flexibility index (Phi) is 2.74. The van der Waals surface area contributed by atoms with E-state index in [1.807, 2.05) is 0 Å². The van der Waals surface area contributed by atoms with Gasteiger partial charge in [-0.2, -0.15) is 0 Å². The second-order valence-electron chi connectivity index (χ2n) is 4.23. The number of likely N-dealkylation sites (tertiary alicyclic amines) is 1. The van der Waals surface area contributed by atoms with Gasteiger partial charge in [-0.05, 0) is 32.2 Å². The molecule has 0 aliphatic carbocycles. The van der Waals surface area contributed by atoms with E-state index in [1.54, 1.807) is 4.90 Å². The molecule has 2 aliphatic rings. The molecule has 0 radical (unpaired) electrons. The zero-order chi connectivity index (χ0) is 10.0. The van der Waals surface area contributed by atoms with E-state index >= 15 is 0 Å². The van der Waals surface area contributed by atoms with Crippen LogP contribution in [0.4, 0.5) is 0 Å². The topological polar surface area (TPSA) is 52.6 Å². The number of aliphatic hydroxyl groups is 1. The van der Waals surface area contributed by atoms with Crippen molar-refractivity contribution in [2.45, 2.75) is 31.2 Å². The number of nitrogens with zero attached hydrogens (tertiary/aromatic N) is 1. The summed E-state index contributed by atoms with van der Waals surface area (Å²) in [5.41, 5.74) is -0.270. The molecule has 0 aromatic carbocycles. The van der Waals surface area contributed by atoms with Crippen molar-refractivity contribution >= 4 is 5.91 Å². The molecule has 14 heavy (non-hydrogen) atoms. The van der Waals surface area contributed by atoms with E-state index in [-0.39, 0.29) is 18.1 Å². The Bertz CT molecular complexity index is 222. The van der Waals surface area contributed by atoms with E-state index < -0.39 is 0 Å². The summed E-state index contributed by atoms with van der Waals surface area (Å²) in [4.78, 5) is 13.9. The Morgan fingerprint density at radius 3 is 2.86 bits per heavy atom. The van der Waals surface area contributed by atoms with Crippen LogP contribution in [-0.2, 0) is 4.79 Å². The van der Waals surface area contributed by atoms with Gasteiger partial charge in [-0.25, -0.2) is 0 Å². The average molecular weight is 198 g/mol. The lowest BCUT2D eigenvalue weighted by molar-refractivity contribution is -0.141. The summed E-state index contributed by atoms with van der Waals surface area (Å²) in [6.45, 7) is 2.33. The Labute approximate surface area is 84.3 Å². The molecule has 1 amide bonds. The third-order valence-corrected chi connectivity index (χ3v) is 3.34. The van der Waals surface area contributed by atoms with Crippen LogP contribution in [0, 0.1) is 0 Å². The van der Waals surface area contributed by atoms with Crippen molar-refractivity contribution in [2.24, 2.45) is 0 Å². The van der Waals surface area contributed by atoms with Crippen LogP contribution in [0.25, 0.3) is 0 Å². The fourth-order valence-corrected chi connectivity index (χ4v) is 2.62. The van der Waals surface area contributed by atoms with E-state index in [0.29, 0.717) is 6.54 Å². The normalized spacial score (nSPS) is 32.9. The van der Waals surface area contributed by atoms with E-state index in [1.165, 1.54) is 0 Å². The van der Waals surface area contributed by atoms with Gasteiger partial charge in [0.2, 0.25) is 5.91 Å². The van der Waals surface area contributed by atoms with Crippen LogP contribution >= 0.6 is 0 Å². The van der Waals surface area contributed by atoms with Gasteiger partial charge in [0.05, 0.1) is 12.1 Å². The van der Waals surface area contributed by atoms with Gasteiger partial charge in [0, 0.05) is 13.1 Å². The highest BCUT2D eigenvalue weighted by molar-refractivity contribution is 5.87. The standard InChI is InChI=1S/C10H18N2O2/c13-8-7-12-6-2-4-10(9(12)14)3-1-5-11-10/h11,13H,1-8H2. The van der Waals surface area contributed by atoms with E-state index in [9.17, 15) is 4.79 Å². The first-order chi connectivity index (χ1) is 6.78. The van der Waals surface area contributed by atoms with Crippen LogP contribution < -0.4 is 5.32 Å². The third-order valence-electron chi connectivity index (χ3n) is 3.34. The number of carbonyl (C=O) groups is 1. The molecule has 2 heterocycles. The number of rotatable bonds is 2. The SMILES string of the molecule is O=C1N(CCO)CCCC12CCCN2. The van der Waals surface area contributed by atoms with Crippen LogP contribution in [0.5, 0.6) is 0 Å². The molecule has 2 saturated heterocycles. The van der Waals surface area contributed by atoms with E-state index in [4.69, 9.17) is 5.11 Å². The molecule has 1 spiro atoms. The largest absolute Gasteiger partial charge is 0.395 e. The highest BCUT2D eigenvalue weighted by Crippen LogP contribution is 2.30. The highest BCUT2D eigenvalue weighted by Gasteiger charge is 2.45. The monoisotopic (exact) mass is 198 g/mol. The van der Waals surface area contributed by atoms with Gasteiger partial charge >= 0.3 is 0 Å². The zero-order valence-corrected chi connectivity index (χ0v) is 8.46. The maximum Gasteiger partial charge on any atom is 0.242 e. The summed E-state index contributed by atoms with van der Waals surface area (Å²) in [6.07, 6.45) is 4.08. The van der Waals surface area contributed by atoms with Crippen LogP contribution in [0.1, 0.15) is 25.7 Å². The second-order valence-corrected chi connectivity index (χ2v) is 4.23. The van der Waals surface area contributed by atoms with Crippen molar-refractivity contribution in [3.63, 3.8) is 0 Å². The Morgan fingerprint density at radius 2 is 2.21 bits per heavy atom. The van der Waals surface area contributed by atoms with Crippen molar-refractivity contribution in [1.82, 2.24) is 10.2 Å². The molecule has 1 atom stereocenters. The first-order valence-corrected chi connectivity index (χ1v) is 5.44. The average Bonchev–Trinajstić information content (AvgIpc) is 2.63. The first-order valence-electron chi connectivity index (χ1n) is 5.44. The van der Waals surface area contributed by atoms with Gasteiger partial charge in [-0.3, -0.25) is 4.79 Å².